The lowest BCUT2D eigenvalue weighted by molar-refractivity contribution is -0.122. The molecule has 1 N–H and O–H groups in total. The second-order valence-corrected chi connectivity index (χ2v) is 6.03. The molecule has 134 valence electrons. The zero-order chi connectivity index (χ0) is 19.4. The van der Waals surface area contributed by atoms with Crippen LogP contribution < -0.4 is 10.2 Å². The molecule has 0 saturated carbocycles. The van der Waals surface area contributed by atoms with Crippen LogP contribution in [0.25, 0.3) is 5.57 Å². The lowest BCUT2D eigenvalue weighted by Gasteiger charge is -2.11. The summed E-state index contributed by atoms with van der Waals surface area (Å²) in [6, 6.07) is 18.1. The zero-order valence-corrected chi connectivity index (χ0v) is 14.7. The van der Waals surface area contributed by atoms with Gasteiger partial charge in [0.25, 0.3) is 11.8 Å². The van der Waals surface area contributed by atoms with E-state index < -0.39 is 17.7 Å². The molecule has 1 aliphatic heterocycles. The first kappa shape index (κ1) is 18.1. The minimum Gasteiger partial charge on any atom is -0.351 e. The van der Waals surface area contributed by atoms with E-state index in [-0.39, 0.29) is 11.1 Å². The molecule has 2 aromatic rings. The van der Waals surface area contributed by atoms with Crippen LogP contribution in [0.3, 0.4) is 0 Å². The van der Waals surface area contributed by atoms with Crippen LogP contribution in [0.15, 0.2) is 60.2 Å². The average molecular weight is 359 g/mol. The predicted octanol–water partition coefficient (Wildman–Crippen LogP) is 2.22. The van der Waals surface area contributed by atoms with Crippen molar-refractivity contribution in [3.8, 4) is 6.07 Å². The van der Waals surface area contributed by atoms with Crippen molar-refractivity contribution >= 4 is 29.0 Å². The first-order chi connectivity index (χ1) is 13.0. The fourth-order valence-electron chi connectivity index (χ4n) is 3.04. The van der Waals surface area contributed by atoms with Gasteiger partial charge in [0.2, 0.25) is 5.91 Å². The maximum atomic E-state index is 12.7. The third kappa shape index (κ3) is 3.48. The Bertz CT molecular complexity index is 987. The van der Waals surface area contributed by atoms with Gasteiger partial charge in [-0.2, -0.15) is 5.26 Å². The second-order valence-electron chi connectivity index (χ2n) is 6.03. The number of anilines is 1. The van der Waals surface area contributed by atoms with Crippen LogP contribution >= 0.6 is 0 Å². The maximum Gasteiger partial charge on any atom is 0.267 e. The summed E-state index contributed by atoms with van der Waals surface area (Å²) in [5.74, 6) is -1.75. The Hall–Kier alpha value is -3.72. The summed E-state index contributed by atoms with van der Waals surface area (Å²) in [7, 11) is 0. The number of hydrogen-bond donors (Lipinski definition) is 1. The van der Waals surface area contributed by atoms with Crippen LogP contribution in [-0.4, -0.2) is 24.3 Å². The molecule has 0 spiro atoms. The summed E-state index contributed by atoms with van der Waals surface area (Å²) in [6.07, 6.45) is 0.602. The number of nitriles is 1. The van der Waals surface area contributed by atoms with E-state index >= 15 is 0 Å². The Kier molecular flexibility index (Phi) is 5.13. The number of carbonyl (C=O) groups excluding carboxylic acids is 3. The van der Waals surface area contributed by atoms with Crippen LogP contribution in [0, 0.1) is 11.3 Å². The van der Waals surface area contributed by atoms with E-state index in [0.717, 1.165) is 10.5 Å². The number of hydrogen-bond acceptors (Lipinski definition) is 4. The van der Waals surface area contributed by atoms with E-state index in [4.69, 9.17) is 0 Å². The summed E-state index contributed by atoms with van der Waals surface area (Å²) in [6.45, 7) is 1.59. The van der Waals surface area contributed by atoms with Gasteiger partial charge in [-0.05, 0) is 18.1 Å². The van der Waals surface area contributed by atoms with E-state index in [1.165, 1.54) is 6.92 Å². The highest BCUT2D eigenvalue weighted by atomic mass is 16.2. The molecule has 0 fully saturated rings. The molecule has 27 heavy (non-hydrogen) atoms. The summed E-state index contributed by atoms with van der Waals surface area (Å²) in [4.78, 5) is 38.1. The molecular formula is C21H17N3O3. The lowest BCUT2D eigenvalue weighted by atomic mass is 10.0. The van der Waals surface area contributed by atoms with E-state index in [1.807, 2.05) is 36.4 Å². The summed E-state index contributed by atoms with van der Waals surface area (Å²) < 4.78 is 0. The fourth-order valence-corrected chi connectivity index (χ4v) is 3.04. The Morgan fingerprint density at radius 3 is 2.41 bits per heavy atom. The molecule has 3 amide bonds. The molecule has 0 aromatic heterocycles. The van der Waals surface area contributed by atoms with E-state index in [9.17, 15) is 19.6 Å². The highest BCUT2D eigenvalue weighted by Crippen LogP contribution is 2.38. The van der Waals surface area contributed by atoms with Crippen LogP contribution in [0.1, 0.15) is 18.1 Å². The van der Waals surface area contributed by atoms with Gasteiger partial charge in [0.05, 0.1) is 11.3 Å². The number of imide groups is 1. The van der Waals surface area contributed by atoms with Gasteiger partial charge in [-0.25, -0.2) is 4.90 Å². The molecule has 3 rings (SSSR count). The molecule has 0 bridgehead atoms. The molecule has 0 aliphatic carbocycles. The van der Waals surface area contributed by atoms with Crippen molar-refractivity contribution in [2.45, 2.75) is 13.3 Å². The highest BCUT2D eigenvalue weighted by molar-refractivity contribution is 6.42. The van der Waals surface area contributed by atoms with Crippen molar-refractivity contribution in [2.75, 3.05) is 11.4 Å². The van der Waals surface area contributed by atoms with E-state index in [1.54, 1.807) is 24.3 Å². The largest absolute Gasteiger partial charge is 0.351 e. The van der Waals surface area contributed by atoms with Crippen molar-refractivity contribution < 1.29 is 14.4 Å². The van der Waals surface area contributed by atoms with Crippen LogP contribution in [0.4, 0.5) is 5.69 Å². The van der Waals surface area contributed by atoms with Gasteiger partial charge in [-0.3, -0.25) is 14.4 Å². The van der Waals surface area contributed by atoms with Gasteiger partial charge in [0, 0.05) is 19.0 Å². The molecule has 0 unspecified atom stereocenters. The molecule has 0 atom stereocenters. The van der Waals surface area contributed by atoms with Crippen LogP contribution in [-0.2, 0) is 20.8 Å². The number of amides is 3. The Morgan fingerprint density at radius 2 is 1.74 bits per heavy atom. The van der Waals surface area contributed by atoms with Crippen molar-refractivity contribution in [2.24, 2.45) is 0 Å². The topological polar surface area (TPSA) is 90.3 Å². The van der Waals surface area contributed by atoms with Crippen molar-refractivity contribution in [1.82, 2.24) is 5.32 Å². The van der Waals surface area contributed by atoms with Gasteiger partial charge in [0.1, 0.15) is 11.6 Å². The summed E-state index contributed by atoms with van der Waals surface area (Å²) in [5.41, 5.74) is 1.51. The third-order valence-corrected chi connectivity index (χ3v) is 4.28. The van der Waals surface area contributed by atoms with E-state index in [2.05, 4.69) is 5.32 Å². The minimum atomic E-state index is -0.654. The van der Waals surface area contributed by atoms with Crippen molar-refractivity contribution in [3.05, 3.63) is 71.3 Å². The molecule has 6 heteroatoms. The Labute approximate surface area is 156 Å². The average Bonchev–Trinajstić information content (AvgIpc) is 2.96. The molecule has 2 aromatic carbocycles. The minimum absolute atomic E-state index is 0.0412. The Morgan fingerprint density at radius 1 is 1.07 bits per heavy atom. The second kappa shape index (κ2) is 7.67. The van der Waals surface area contributed by atoms with Crippen molar-refractivity contribution in [3.63, 3.8) is 0 Å². The normalized spacial score (nSPS) is 14.4. The molecule has 0 saturated heterocycles. The van der Waals surface area contributed by atoms with E-state index in [0.29, 0.717) is 24.2 Å². The monoisotopic (exact) mass is 359 g/mol. The van der Waals surface area contributed by atoms with Crippen molar-refractivity contribution in [1.29, 1.82) is 5.26 Å². The standard InChI is InChI=1S/C21H17N3O3/c1-14(25)24-18-10-6-5-9-16(18)19(21(24)27)17(13-22)20(26)23-12-11-15-7-3-2-4-8-15/h2-10H,11-12H2,1H3,(H,23,26)/b19-17-. The number of carbonyl (C=O) groups is 3. The van der Waals surface area contributed by atoms with Crippen LogP contribution in [0.5, 0.6) is 0 Å². The molecule has 1 heterocycles. The zero-order valence-electron chi connectivity index (χ0n) is 14.7. The first-order valence-corrected chi connectivity index (χ1v) is 8.45. The highest BCUT2D eigenvalue weighted by Gasteiger charge is 2.38. The lowest BCUT2D eigenvalue weighted by Crippen LogP contribution is -2.33. The van der Waals surface area contributed by atoms with Gasteiger partial charge in [0.15, 0.2) is 0 Å². The number of benzene rings is 2. The number of rotatable bonds is 4. The smallest absolute Gasteiger partial charge is 0.267 e. The maximum absolute atomic E-state index is 12.7. The fraction of sp³-hybridized carbons (Fsp3) is 0.143. The SMILES string of the molecule is CC(=O)N1C(=O)/C(=C(/C#N)C(=O)NCCc2ccccc2)c2ccccc21. The number of para-hydroxylation sites is 1. The molecule has 0 radical (unpaired) electrons. The number of fused-ring (bicyclic) bond motifs is 1. The summed E-state index contributed by atoms with van der Waals surface area (Å²) in [5, 5.41) is 12.2. The van der Waals surface area contributed by atoms with Gasteiger partial charge < -0.3 is 5.32 Å². The third-order valence-electron chi connectivity index (χ3n) is 4.28. The van der Waals surface area contributed by atoms with Gasteiger partial charge in [-0.15, -0.1) is 0 Å². The molecule has 6 nitrogen and oxygen atoms in total. The number of nitrogens with one attached hydrogen (secondary N) is 1. The molecule has 1 aliphatic rings. The first-order valence-electron chi connectivity index (χ1n) is 8.45. The van der Waals surface area contributed by atoms with Gasteiger partial charge in [-0.1, -0.05) is 48.5 Å². The predicted molar refractivity (Wildman–Crippen MR) is 100 cm³/mol. The number of nitrogens with zero attached hydrogens (tertiary/aromatic N) is 2. The summed E-state index contributed by atoms with van der Waals surface area (Å²) >= 11 is 0. The Balaban J connectivity index is 1.88. The quantitative estimate of drug-likeness (QED) is 0.669. The van der Waals surface area contributed by atoms with Gasteiger partial charge >= 0.3 is 0 Å². The molecular weight excluding hydrogens is 342 g/mol. The van der Waals surface area contributed by atoms with Crippen LogP contribution in [0.2, 0.25) is 0 Å².